The van der Waals surface area contributed by atoms with E-state index in [1.165, 1.54) is 0 Å². The van der Waals surface area contributed by atoms with Gasteiger partial charge in [-0.25, -0.2) is 0 Å². The molecule has 0 saturated heterocycles. The summed E-state index contributed by atoms with van der Waals surface area (Å²) in [5, 5.41) is 9.04. The third-order valence-electron chi connectivity index (χ3n) is 2.96. The van der Waals surface area contributed by atoms with E-state index in [-0.39, 0.29) is 12.5 Å². The first-order chi connectivity index (χ1) is 9.63. The van der Waals surface area contributed by atoms with Crippen LogP contribution in [0.5, 0.6) is 0 Å². The second-order valence-electron chi connectivity index (χ2n) is 4.55. The Hall–Kier alpha value is -1.83. The average molecular weight is 274 g/mol. The van der Waals surface area contributed by atoms with Gasteiger partial charge in [-0.3, -0.25) is 4.79 Å². The second kappa shape index (κ2) is 8.36. The van der Waals surface area contributed by atoms with Crippen molar-refractivity contribution in [3.63, 3.8) is 0 Å². The Labute approximate surface area is 120 Å². The molecule has 0 aromatic heterocycles. The summed E-state index contributed by atoms with van der Waals surface area (Å²) >= 11 is 0. The zero-order valence-electron chi connectivity index (χ0n) is 12.1. The standard InChI is InChI=1S/C16H22N2O2/c1-3-9-18(10-11-19)16(20)15-7-6-13(2)14(12-15)5-4-8-17/h6-7,12,19H,3,8-11,17H2,1-2H3. The predicted molar refractivity (Wildman–Crippen MR) is 80.4 cm³/mol. The van der Waals surface area contributed by atoms with Crippen molar-refractivity contribution in [1.82, 2.24) is 4.90 Å². The topological polar surface area (TPSA) is 66.6 Å². The molecule has 0 fully saturated rings. The number of rotatable bonds is 5. The molecular formula is C16H22N2O2. The molecule has 1 aromatic rings. The Morgan fingerprint density at radius 2 is 2.15 bits per heavy atom. The van der Waals surface area contributed by atoms with Crippen LogP contribution in [0.15, 0.2) is 18.2 Å². The molecule has 108 valence electrons. The van der Waals surface area contributed by atoms with Crippen LogP contribution in [0.4, 0.5) is 0 Å². The van der Waals surface area contributed by atoms with Gasteiger partial charge in [0.25, 0.3) is 5.91 Å². The van der Waals surface area contributed by atoms with E-state index in [9.17, 15) is 4.79 Å². The number of aliphatic hydroxyl groups is 1. The molecule has 0 spiro atoms. The average Bonchev–Trinajstić information content (AvgIpc) is 2.45. The van der Waals surface area contributed by atoms with Crippen molar-refractivity contribution in [2.45, 2.75) is 20.3 Å². The first-order valence-corrected chi connectivity index (χ1v) is 6.83. The molecule has 1 rings (SSSR count). The quantitative estimate of drug-likeness (QED) is 0.792. The molecule has 4 nitrogen and oxygen atoms in total. The lowest BCUT2D eigenvalue weighted by Gasteiger charge is -2.21. The second-order valence-corrected chi connectivity index (χ2v) is 4.55. The highest BCUT2D eigenvalue weighted by Gasteiger charge is 2.15. The summed E-state index contributed by atoms with van der Waals surface area (Å²) in [4.78, 5) is 14.1. The summed E-state index contributed by atoms with van der Waals surface area (Å²) in [6, 6.07) is 5.47. The van der Waals surface area contributed by atoms with Crippen LogP contribution in [-0.4, -0.2) is 42.2 Å². The molecule has 0 aliphatic heterocycles. The van der Waals surface area contributed by atoms with E-state index < -0.39 is 0 Å². The van der Waals surface area contributed by atoms with Crippen LogP contribution in [0.2, 0.25) is 0 Å². The minimum atomic E-state index is -0.0725. The van der Waals surface area contributed by atoms with Gasteiger partial charge >= 0.3 is 0 Å². The van der Waals surface area contributed by atoms with Gasteiger partial charge in [0.1, 0.15) is 0 Å². The molecule has 4 heteroatoms. The number of amides is 1. The summed E-state index contributed by atoms with van der Waals surface area (Å²) in [6.07, 6.45) is 0.859. The van der Waals surface area contributed by atoms with Crippen molar-refractivity contribution in [2.75, 3.05) is 26.2 Å². The van der Waals surface area contributed by atoms with Gasteiger partial charge < -0.3 is 15.7 Å². The molecule has 0 bridgehead atoms. The van der Waals surface area contributed by atoms with Crippen molar-refractivity contribution in [2.24, 2.45) is 5.73 Å². The summed E-state index contributed by atoms with van der Waals surface area (Å²) in [7, 11) is 0. The lowest BCUT2D eigenvalue weighted by molar-refractivity contribution is 0.0722. The van der Waals surface area contributed by atoms with Gasteiger partial charge in [-0.15, -0.1) is 0 Å². The maximum atomic E-state index is 12.4. The molecular weight excluding hydrogens is 252 g/mol. The fraction of sp³-hybridized carbons (Fsp3) is 0.438. The molecule has 0 saturated carbocycles. The van der Waals surface area contributed by atoms with E-state index >= 15 is 0 Å². The van der Waals surface area contributed by atoms with Crippen LogP contribution in [-0.2, 0) is 0 Å². The number of carbonyl (C=O) groups is 1. The van der Waals surface area contributed by atoms with Crippen LogP contribution in [0.1, 0.15) is 34.8 Å². The van der Waals surface area contributed by atoms with Crippen molar-refractivity contribution < 1.29 is 9.90 Å². The highest BCUT2D eigenvalue weighted by molar-refractivity contribution is 5.94. The van der Waals surface area contributed by atoms with Gasteiger partial charge in [0.2, 0.25) is 0 Å². The van der Waals surface area contributed by atoms with Crippen molar-refractivity contribution in [1.29, 1.82) is 0 Å². The van der Waals surface area contributed by atoms with E-state index in [1.54, 1.807) is 17.0 Å². The van der Waals surface area contributed by atoms with Crippen molar-refractivity contribution in [3.8, 4) is 11.8 Å². The molecule has 20 heavy (non-hydrogen) atoms. The normalized spacial score (nSPS) is 9.80. The molecule has 1 aromatic carbocycles. The van der Waals surface area contributed by atoms with Crippen molar-refractivity contribution >= 4 is 5.91 Å². The number of hydrogen-bond donors (Lipinski definition) is 2. The Morgan fingerprint density at radius 3 is 2.75 bits per heavy atom. The zero-order chi connectivity index (χ0) is 15.0. The molecule has 0 aliphatic carbocycles. The fourth-order valence-electron chi connectivity index (χ4n) is 1.92. The number of hydrogen-bond acceptors (Lipinski definition) is 3. The van der Waals surface area contributed by atoms with Crippen LogP contribution in [0.3, 0.4) is 0 Å². The third-order valence-corrected chi connectivity index (χ3v) is 2.96. The van der Waals surface area contributed by atoms with Gasteiger partial charge in [0, 0.05) is 24.2 Å². The molecule has 0 unspecified atom stereocenters. The molecule has 1 amide bonds. The van der Waals surface area contributed by atoms with Crippen LogP contribution in [0.25, 0.3) is 0 Å². The van der Waals surface area contributed by atoms with Gasteiger partial charge in [0.05, 0.1) is 13.2 Å². The van der Waals surface area contributed by atoms with Crippen LogP contribution >= 0.6 is 0 Å². The van der Waals surface area contributed by atoms with E-state index in [0.29, 0.717) is 25.2 Å². The lowest BCUT2D eigenvalue weighted by atomic mass is 10.0. The van der Waals surface area contributed by atoms with Crippen LogP contribution < -0.4 is 5.73 Å². The van der Waals surface area contributed by atoms with Gasteiger partial charge in [-0.1, -0.05) is 24.8 Å². The number of aliphatic hydroxyl groups excluding tert-OH is 1. The van der Waals surface area contributed by atoms with Gasteiger partial charge in [-0.05, 0) is 31.0 Å². The molecule has 0 atom stereocenters. The van der Waals surface area contributed by atoms with Crippen LogP contribution in [0, 0.1) is 18.8 Å². The Balaban J connectivity index is 3.02. The van der Waals surface area contributed by atoms with E-state index in [4.69, 9.17) is 10.8 Å². The molecule has 0 radical (unpaired) electrons. The minimum absolute atomic E-state index is 0.0303. The third kappa shape index (κ3) is 4.37. The molecule has 0 heterocycles. The van der Waals surface area contributed by atoms with E-state index in [2.05, 4.69) is 11.8 Å². The SMILES string of the molecule is CCCN(CCO)C(=O)c1ccc(C)c(C#CCN)c1. The zero-order valence-corrected chi connectivity index (χ0v) is 12.1. The highest BCUT2D eigenvalue weighted by atomic mass is 16.3. The van der Waals surface area contributed by atoms with E-state index in [0.717, 1.165) is 17.5 Å². The number of aryl methyl sites for hydroxylation is 1. The summed E-state index contributed by atoms with van der Waals surface area (Å²) in [5.41, 5.74) is 7.81. The minimum Gasteiger partial charge on any atom is -0.395 e. The monoisotopic (exact) mass is 274 g/mol. The Kier molecular flexibility index (Phi) is 6.78. The summed E-state index contributed by atoms with van der Waals surface area (Å²) in [5.74, 6) is 5.71. The summed E-state index contributed by atoms with van der Waals surface area (Å²) < 4.78 is 0. The molecule has 0 aliphatic rings. The Bertz CT molecular complexity index is 509. The maximum absolute atomic E-state index is 12.4. The molecule has 3 N–H and O–H groups in total. The lowest BCUT2D eigenvalue weighted by Crippen LogP contribution is -2.34. The number of carbonyl (C=O) groups excluding carboxylic acids is 1. The van der Waals surface area contributed by atoms with Crippen molar-refractivity contribution in [3.05, 3.63) is 34.9 Å². The first kappa shape index (κ1) is 16.2. The maximum Gasteiger partial charge on any atom is 0.253 e. The fourth-order valence-corrected chi connectivity index (χ4v) is 1.92. The largest absolute Gasteiger partial charge is 0.395 e. The van der Waals surface area contributed by atoms with E-state index in [1.807, 2.05) is 19.9 Å². The van der Waals surface area contributed by atoms with Gasteiger partial charge in [-0.2, -0.15) is 0 Å². The summed E-state index contributed by atoms with van der Waals surface area (Å²) in [6.45, 7) is 5.21. The van der Waals surface area contributed by atoms with Gasteiger partial charge in [0.15, 0.2) is 0 Å². The highest BCUT2D eigenvalue weighted by Crippen LogP contribution is 2.12. The Morgan fingerprint density at radius 1 is 1.40 bits per heavy atom. The predicted octanol–water partition coefficient (Wildman–Crippen LogP) is 1.15. The smallest absolute Gasteiger partial charge is 0.253 e. The number of benzene rings is 1. The number of nitrogens with two attached hydrogens (primary N) is 1. The first-order valence-electron chi connectivity index (χ1n) is 6.83. The number of nitrogens with zero attached hydrogens (tertiary/aromatic N) is 1.